The van der Waals surface area contributed by atoms with Crippen molar-refractivity contribution in [1.29, 1.82) is 0 Å². The van der Waals surface area contributed by atoms with Crippen LogP contribution in [0.2, 0.25) is 0 Å². The predicted octanol–water partition coefficient (Wildman–Crippen LogP) is 4.29. The van der Waals surface area contributed by atoms with Crippen molar-refractivity contribution >= 4 is 23.8 Å². The Hall–Kier alpha value is -3.95. The molecule has 10 heteroatoms. The van der Waals surface area contributed by atoms with Crippen molar-refractivity contribution in [1.82, 2.24) is 10.3 Å². The van der Waals surface area contributed by atoms with E-state index < -0.39 is 48.5 Å². The fourth-order valence-corrected chi connectivity index (χ4v) is 4.98. The van der Waals surface area contributed by atoms with Gasteiger partial charge in [-0.2, -0.15) is 0 Å². The highest BCUT2D eigenvalue weighted by Crippen LogP contribution is 2.32. The highest BCUT2D eigenvalue weighted by atomic mass is 16.6. The minimum absolute atomic E-state index is 0.0321. The summed E-state index contributed by atoms with van der Waals surface area (Å²) < 4.78 is 21.9. The summed E-state index contributed by atoms with van der Waals surface area (Å²) in [5, 5.41) is 2.52. The summed E-state index contributed by atoms with van der Waals surface area (Å²) in [7, 11) is 1.37. The minimum Gasteiger partial charge on any atom is -0.493 e. The van der Waals surface area contributed by atoms with Gasteiger partial charge in [0.2, 0.25) is 5.75 Å². The van der Waals surface area contributed by atoms with Crippen LogP contribution in [0.15, 0.2) is 42.6 Å². The number of hydrogen-bond donors (Lipinski definition) is 1. The van der Waals surface area contributed by atoms with Gasteiger partial charge >= 0.3 is 17.9 Å². The summed E-state index contributed by atoms with van der Waals surface area (Å²) >= 11 is 0. The quantitative estimate of drug-likeness (QED) is 0.440. The average molecular weight is 569 g/mol. The van der Waals surface area contributed by atoms with Gasteiger partial charge in [-0.1, -0.05) is 58.0 Å². The Kier molecular flexibility index (Phi) is 10.9. The van der Waals surface area contributed by atoms with Gasteiger partial charge in [-0.05, 0) is 43.1 Å². The first-order chi connectivity index (χ1) is 19.4. The van der Waals surface area contributed by atoms with Crippen LogP contribution >= 0.6 is 0 Å². The molecule has 1 aliphatic heterocycles. The van der Waals surface area contributed by atoms with Gasteiger partial charge < -0.3 is 24.3 Å². The molecule has 41 heavy (non-hydrogen) atoms. The van der Waals surface area contributed by atoms with Gasteiger partial charge in [-0.3, -0.25) is 14.4 Å². The Morgan fingerprint density at radius 3 is 2.49 bits per heavy atom. The Morgan fingerprint density at radius 2 is 1.83 bits per heavy atom. The van der Waals surface area contributed by atoms with Crippen LogP contribution in [-0.4, -0.2) is 54.7 Å². The smallest absolute Gasteiger partial charge is 0.332 e. The normalized spacial score (nSPS) is 20.4. The van der Waals surface area contributed by atoms with Crippen molar-refractivity contribution in [2.45, 2.75) is 72.4 Å². The number of carbonyl (C=O) groups is 4. The van der Waals surface area contributed by atoms with E-state index in [4.69, 9.17) is 18.9 Å². The molecule has 3 rings (SSSR count). The summed E-state index contributed by atoms with van der Waals surface area (Å²) in [5.74, 6) is -3.13. The molecule has 1 N–H and O–H groups in total. The van der Waals surface area contributed by atoms with Gasteiger partial charge in [-0.25, -0.2) is 9.78 Å². The molecule has 0 aliphatic carbocycles. The predicted molar refractivity (Wildman–Crippen MR) is 150 cm³/mol. The molecule has 2 unspecified atom stereocenters. The van der Waals surface area contributed by atoms with E-state index in [1.54, 1.807) is 6.92 Å². The summed E-state index contributed by atoms with van der Waals surface area (Å²) in [4.78, 5) is 56.0. The van der Waals surface area contributed by atoms with Crippen LogP contribution in [0, 0.1) is 17.3 Å². The molecule has 1 aromatic carbocycles. The van der Waals surface area contributed by atoms with E-state index >= 15 is 0 Å². The van der Waals surface area contributed by atoms with Gasteiger partial charge in [0.25, 0.3) is 5.91 Å². The molecule has 1 saturated heterocycles. The van der Waals surface area contributed by atoms with Crippen LogP contribution in [0.5, 0.6) is 11.5 Å². The number of esters is 3. The number of carbonyl (C=O) groups excluding carboxylic acids is 4. The first kappa shape index (κ1) is 31.6. The molecule has 2 aromatic rings. The largest absolute Gasteiger partial charge is 0.493 e. The molecule has 1 fully saturated rings. The van der Waals surface area contributed by atoms with Gasteiger partial charge in [0, 0.05) is 18.7 Å². The van der Waals surface area contributed by atoms with E-state index in [2.05, 4.69) is 31.1 Å². The third kappa shape index (κ3) is 9.58. The first-order valence-corrected chi connectivity index (χ1v) is 13.8. The van der Waals surface area contributed by atoms with Crippen LogP contribution in [0.25, 0.3) is 0 Å². The summed E-state index contributed by atoms with van der Waals surface area (Å²) in [6.07, 6.45) is 2.35. The summed E-state index contributed by atoms with van der Waals surface area (Å²) in [5.41, 5.74) is 0.732. The fourth-order valence-electron chi connectivity index (χ4n) is 4.98. The highest BCUT2D eigenvalue weighted by Gasteiger charge is 2.34. The first-order valence-electron chi connectivity index (χ1n) is 13.8. The minimum atomic E-state index is -1.30. The Balaban J connectivity index is 1.74. The lowest BCUT2D eigenvalue weighted by Crippen LogP contribution is -2.46. The SMILES string of the molecule is COc1ccnc(C(=O)N[C@H]2COC(=O)C(Cc3ccccc3)C[C@H](C)OC2=O)c1OC(=O)CC(C)CC(C)(C)C. The van der Waals surface area contributed by atoms with Crippen molar-refractivity contribution in [3.05, 3.63) is 53.9 Å². The number of amides is 1. The number of nitrogens with one attached hydrogen (secondary N) is 1. The van der Waals surface area contributed by atoms with Crippen LogP contribution in [-0.2, 0) is 30.3 Å². The molecular formula is C31H40N2O8. The third-order valence-corrected chi connectivity index (χ3v) is 6.57. The fraction of sp³-hybridized carbons (Fsp3) is 0.516. The van der Waals surface area contributed by atoms with E-state index in [-0.39, 0.29) is 41.4 Å². The van der Waals surface area contributed by atoms with Gasteiger partial charge in [0.15, 0.2) is 17.5 Å². The van der Waals surface area contributed by atoms with E-state index in [0.717, 1.165) is 12.0 Å². The van der Waals surface area contributed by atoms with E-state index in [1.807, 2.05) is 37.3 Å². The second-order valence-corrected chi connectivity index (χ2v) is 11.8. The van der Waals surface area contributed by atoms with Crippen molar-refractivity contribution < 1.29 is 38.1 Å². The number of aromatic nitrogens is 1. The molecule has 1 aliphatic rings. The van der Waals surface area contributed by atoms with E-state index in [1.165, 1.54) is 19.4 Å². The van der Waals surface area contributed by atoms with Crippen LogP contribution < -0.4 is 14.8 Å². The monoisotopic (exact) mass is 568 g/mol. The lowest BCUT2D eigenvalue weighted by atomic mass is 9.84. The molecule has 0 saturated carbocycles. The van der Waals surface area contributed by atoms with Crippen molar-refractivity contribution in [3.63, 3.8) is 0 Å². The number of ether oxygens (including phenoxy) is 4. The zero-order valence-electron chi connectivity index (χ0n) is 24.6. The Bertz CT molecular complexity index is 1220. The second kappa shape index (κ2) is 14.1. The molecule has 1 amide bonds. The maximum atomic E-state index is 13.3. The van der Waals surface area contributed by atoms with Gasteiger partial charge in [0.05, 0.1) is 19.1 Å². The number of nitrogens with zero attached hydrogens (tertiary/aromatic N) is 1. The molecule has 2 heterocycles. The number of benzene rings is 1. The molecular weight excluding hydrogens is 528 g/mol. The number of methoxy groups -OCH3 is 1. The zero-order valence-corrected chi connectivity index (χ0v) is 24.6. The van der Waals surface area contributed by atoms with Crippen molar-refractivity contribution in [2.75, 3.05) is 13.7 Å². The van der Waals surface area contributed by atoms with Crippen LogP contribution in [0.4, 0.5) is 0 Å². The van der Waals surface area contributed by atoms with Gasteiger partial charge in [-0.15, -0.1) is 0 Å². The molecule has 0 radical (unpaired) electrons. The zero-order chi connectivity index (χ0) is 30.2. The molecule has 4 atom stereocenters. The Labute approximate surface area is 241 Å². The lowest BCUT2D eigenvalue weighted by molar-refractivity contribution is -0.152. The maximum absolute atomic E-state index is 13.3. The number of cyclic esters (lactones) is 2. The summed E-state index contributed by atoms with van der Waals surface area (Å²) in [6.45, 7) is 9.48. The van der Waals surface area contributed by atoms with Crippen LogP contribution in [0.1, 0.15) is 69.9 Å². The van der Waals surface area contributed by atoms with Crippen LogP contribution in [0.3, 0.4) is 0 Å². The van der Waals surface area contributed by atoms with Gasteiger partial charge in [0.1, 0.15) is 6.61 Å². The van der Waals surface area contributed by atoms with E-state index in [0.29, 0.717) is 6.42 Å². The summed E-state index contributed by atoms with van der Waals surface area (Å²) in [6, 6.07) is 9.65. The number of rotatable bonds is 9. The van der Waals surface area contributed by atoms with Crippen molar-refractivity contribution in [3.8, 4) is 11.5 Å². The average Bonchev–Trinajstić information content (AvgIpc) is 2.93. The lowest BCUT2D eigenvalue weighted by Gasteiger charge is -2.23. The number of hydrogen-bond acceptors (Lipinski definition) is 9. The van der Waals surface area contributed by atoms with Crippen molar-refractivity contribution in [2.24, 2.45) is 17.3 Å². The van der Waals surface area contributed by atoms with E-state index in [9.17, 15) is 19.2 Å². The number of pyridine rings is 1. The second-order valence-electron chi connectivity index (χ2n) is 11.8. The standard InChI is InChI=1S/C31H40N2O8/c1-19(17-31(3,4)5)14-25(34)41-27-24(38-6)12-13-32-26(27)28(35)33-23-18-39-29(36)22(15-20(2)40-30(23)37)16-21-10-8-7-9-11-21/h7-13,19-20,22-23H,14-18H2,1-6H3,(H,33,35)/t19?,20-,22?,23-/m0/s1. The molecule has 0 spiro atoms. The Morgan fingerprint density at radius 1 is 1.12 bits per heavy atom. The maximum Gasteiger partial charge on any atom is 0.332 e. The topological polar surface area (TPSA) is 130 Å². The molecule has 10 nitrogen and oxygen atoms in total. The molecule has 222 valence electrons. The third-order valence-electron chi connectivity index (χ3n) is 6.57. The highest BCUT2D eigenvalue weighted by molar-refractivity contribution is 5.99. The molecule has 0 bridgehead atoms. The molecule has 1 aromatic heterocycles.